The number of ketones is 1. The lowest BCUT2D eigenvalue weighted by Crippen LogP contribution is -2.49. The zero-order valence-corrected chi connectivity index (χ0v) is 17.2. The topological polar surface area (TPSA) is 63.7 Å². The van der Waals surface area contributed by atoms with E-state index in [1.807, 2.05) is 32.9 Å². The lowest BCUT2D eigenvalue weighted by molar-refractivity contribution is -0.140. The maximum Gasteiger partial charge on any atom is 0.339 e. The van der Waals surface area contributed by atoms with Crippen molar-refractivity contribution < 1.29 is 19.1 Å². The zero-order chi connectivity index (χ0) is 21.0. The molecule has 1 aliphatic rings. The number of carbonyl (C=O) groups excluding carboxylic acids is 3. The van der Waals surface area contributed by atoms with Gasteiger partial charge in [0.15, 0.2) is 12.4 Å². The molecule has 0 aliphatic carbocycles. The second kappa shape index (κ2) is 9.03. The van der Waals surface area contributed by atoms with Crippen LogP contribution in [0.5, 0.6) is 0 Å². The third-order valence-electron chi connectivity index (χ3n) is 5.51. The van der Waals surface area contributed by atoms with E-state index >= 15 is 0 Å². The van der Waals surface area contributed by atoms with Crippen molar-refractivity contribution in [3.8, 4) is 0 Å². The Kier molecular flexibility index (Phi) is 6.47. The number of ether oxygens (including phenoxy) is 1. The Labute approximate surface area is 171 Å². The highest BCUT2D eigenvalue weighted by Crippen LogP contribution is 2.23. The van der Waals surface area contributed by atoms with Gasteiger partial charge in [-0.2, -0.15) is 0 Å². The highest BCUT2D eigenvalue weighted by Gasteiger charge is 2.29. The molecule has 0 N–H and O–H groups in total. The van der Waals surface area contributed by atoms with E-state index in [9.17, 15) is 14.4 Å². The van der Waals surface area contributed by atoms with Crippen LogP contribution in [0.4, 0.5) is 0 Å². The summed E-state index contributed by atoms with van der Waals surface area (Å²) in [5.74, 6) is -1.10. The van der Waals surface area contributed by atoms with Crippen molar-refractivity contribution in [1.82, 2.24) is 4.90 Å². The highest BCUT2D eigenvalue weighted by atomic mass is 16.5. The maximum absolute atomic E-state index is 12.9. The SMILES string of the molecule is Cc1ccc(C(=O)c2ccccc2C(=O)OCC(=O)N2[C@@H](C)CCC[C@@H]2C)cc1. The first-order chi connectivity index (χ1) is 13.9. The number of likely N-dealkylation sites (tertiary alicyclic amines) is 1. The molecule has 0 radical (unpaired) electrons. The summed E-state index contributed by atoms with van der Waals surface area (Å²) in [6, 6.07) is 14.0. The third-order valence-corrected chi connectivity index (χ3v) is 5.51. The van der Waals surface area contributed by atoms with Gasteiger partial charge in [-0.15, -0.1) is 0 Å². The van der Waals surface area contributed by atoms with Crippen LogP contribution in [0.2, 0.25) is 0 Å². The van der Waals surface area contributed by atoms with Gasteiger partial charge in [0.1, 0.15) is 0 Å². The Morgan fingerprint density at radius 3 is 2.14 bits per heavy atom. The van der Waals surface area contributed by atoms with Gasteiger partial charge in [-0.3, -0.25) is 9.59 Å². The predicted molar refractivity (Wildman–Crippen MR) is 111 cm³/mol. The Hall–Kier alpha value is -2.95. The average Bonchev–Trinajstić information content (AvgIpc) is 2.72. The summed E-state index contributed by atoms with van der Waals surface area (Å²) in [4.78, 5) is 39.9. The van der Waals surface area contributed by atoms with Crippen LogP contribution in [0, 0.1) is 6.92 Å². The minimum Gasteiger partial charge on any atom is -0.452 e. The van der Waals surface area contributed by atoms with Gasteiger partial charge in [0.2, 0.25) is 0 Å². The molecule has 0 bridgehead atoms. The van der Waals surface area contributed by atoms with Gasteiger partial charge in [-0.25, -0.2) is 4.79 Å². The Balaban J connectivity index is 1.72. The fourth-order valence-corrected chi connectivity index (χ4v) is 3.91. The lowest BCUT2D eigenvalue weighted by Gasteiger charge is -2.38. The fraction of sp³-hybridized carbons (Fsp3) is 0.375. The summed E-state index contributed by atoms with van der Waals surface area (Å²) in [6.45, 7) is 5.66. The van der Waals surface area contributed by atoms with Gasteiger partial charge < -0.3 is 9.64 Å². The molecule has 0 unspecified atom stereocenters. The lowest BCUT2D eigenvalue weighted by atomic mass is 9.97. The average molecular weight is 393 g/mol. The van der Waals surface area contributed by atoms with Gasteiger partial charge in [0.25, 0.3) is 5.91 Å². The number of piperidine rings is 1. The molecule has 2 aromatic carbocycles. The number of carbonyl (C=O) groups is 3. The van der Waals surface area contributed by atoms with Crippen LogP contribution in [0.25, 0.3) is 0 Å². The van der Waals surface area contributed by atoms with Crippen molar-refractivity contribution in [2.45, 2.75) is 52.1 Å². The van der Waals surface area contributed by atoms with E-state index in [2.05, 4.69) is 0 Å². The Morgan fingerprint density at radius 2 is 1.52 bits per heavy atom. The molecule has 1 aliphatic heterocycles. The standard InChI is InChI=1S/C24H27NO4/c1-16-11-13-19(14-12-16)23(27)20-9-4-5-10-21(20)24(28)29-15-22(26)25-17(2)7-6-8-18(25)3/h4-5,9-14,17-18H,6-8,15H2,1-3H3/t17-,18-/m0/s1. The summed E-state index contributed by atoms with van der Waals surface area (Å²) in [5, 5.41) is 0. The quantitative estimate of drug-likeness (QED) is 0.565. The summed E-state index contributed by atoms with van der Waals surface area (Å²) < 4.78 is 5.30. The molecule has 5 nitrogen and oxygen atoms in total. The predicted octanol–water partition coefficient (Wildman–Crippen LogP) is 4.17. The van der Waals surface area contributed by atoms with E-state index in [0.29, 0.717) is 5.56 Å². The molecular formula is C24H27NO4. The van der Waals surface area contributed by atoms with Gasteiger partial charge in [-0.1, -0.05) is 48.0 Å². The number of aryl methyl sites for hydroxylation is 1. The Morgan fingerprint density at radius 1 is 0.931 bits per heavy atom. The molecule has 5 heteroatoms. The first-order valence-corrected chi connectivity index (χ1v) is 10.1. The van der Waals surface area contributed by atoms with Crippen LogP contribution < -0.4 is 0 Å². The fourth-order valence-electron chi connectivity index (χ4n) is 3.91. The molecule has 0 saturated carbocycles. The van der Waals surface area contributed by atoms with Crippen LogP contribution in [-0.2, 0) is 9.53 Å². The minimum absolute atomic E-state index is 0.139. The number of hydrogen-bond acceptors (Lipinski definition) is 4. The maximum atomic E-state index is 12.9. The van der Waals surface area contributed by atoms with Crippen LogP contribution >= 0.6 is 0 Å². The van der Waals surface area contributed by atoms with E-state index in [1.54, 1.807) is 41.3 Å². The molecule has 3 rings (SSSR count). The number of rotatable bonds is 5. The normalized spacial score (nSPS) is 18.9. The first-order valence-electron chi connectivity index (χ1n) is 10.1. The van der Waals surface area contributed by atoms with Gasteiger partial charge in [0, 0.05) is 23.2 Å². The van der Waals surface area contributed by atoms with Crippen LogP contribution in [0.3, 0.4) is 0 Å². The second-order valence-corrected chi connectivity index (χ2v) is 7.75. The van der Waals surface area contributed by atoms with E-state index in [4.69, 9.17) is 4.74 Å². The van der Waals surface area contributed by atoms with E-state index in [0.717, 1.165) is 24.8 Å². The van der Waals surface area contributed by atoms with Crippen LogP contribution in [0.1, 0.15) is 65.0 Å². The molecule has 2 atom stereocenters. The van der Waals surface area contributed by atoms with Crippen molar-refractivity contribution in [3.05, 3.63) is 70.8 Å². The number of nitrogens with zero attached hydrogens (tertiary/aromatic N) is 1. The highest BCUT2D eigenvalue weighted by molar-refractivity contribution is 6.14. The minimum atomic E-state index is -0.660. The van der Waals surface area contributed by atoms with Crippen LogP contribution in [-0.4, -0.2) is 41.3 Å². The monoisotopic (exact) mass is 393 g/mol. The molecule has 1 amide bonds. The number of esters is 1. The van der Waals surface area contributed by atoms with Crippen molar-refractivity contribution in [2.24, 2.45) is 0 Å². The van der Waals surface area contributed by atoms with E-state index in [1.165, 1.54) is 0 Å². The van der Waals surface area contributed by atoms with Crippen molar-refractivity contribution >= 4 is 17.7 Å². The van der Waals surface area contributed by atoms with Crippen LogP contribution in [0.15, 0.2) is 48.5 Å². The molecule has 0 aromatic heterocycles. The third kappa shape index (κ3) is 4.73. The smallest absolute Gasteiger partial charge is 0.339 e. The molecule has 0 spiro atoms. The largest absolute Gasteiger partial charge is 0.452 e. The molecule has 2 aromatic rings. The van der Waals surface area contributed by atoms with Crippen molar-refractivity contribution in [3.63, 3.8) is 0 Å². The number of amides is 1. The second-order valence-electron chi connectivity index (χ2n) is 7.75. The summed E-state index contributed by atoms with van der Waals surface area (Å²) >= 11 is 0. The van der Waals surface area contributed by atoms with Crippen molar-refractivity contribution in [2.75, 3.05) is 6.61 Å². The molecule has 29 heavy (non-hydrogen) atoms. The Bertz CT molecular complexity index is 893. The summed E-state index contributed by atoms with van der Waals surface area (Å²) in [5.41, 5.74) is 2.00. The van der Waals surface area contributed by atoms with E-state index in [-0.39, 0.29) is 41.5 Å². The first kappa shape index (κ1) is 20.8. The van der Waals surface area contributed by atoms with Gasteiger partial charge >= 0.3 is 5.97 Å². The van der Waals surface area contributed by atoms with E-state index < -0.39 is 5.97 Å². The molecule has 152 valence electrons. The zero-order valence-electron chi connectivity index (χ0n) is 17.2. The number of benzene rings is 2. The number of hydrogen-bond donors (Lipinski definition) is 0. The van der Waals surface area contributed by atoms with Gasteiger partial charge in [-0.05, 0) is 46.1 Å². The summed E-state index contributed by atoms with van der Waals surface area (Å²) in [7, 11) is 0. The molecule has 1 saturated heterocycles. The van der Waals surface area contributed by atoms with Gasteiger partial charge in [0.05, 0.1) is 5.56 Å². The molecule has 1 heterocycles. The molecule has 1 fully saturated rings. The van der Waals surface area contributed by atoms with Crippen molar-refractivity contribution in [1.29, 1.82) is 0 Å². The summed E-state index contributed by atoms with van der Waals surface area (Å²) in [6.07, 6.45) is 3.01. The molecular weight excluding hydrogens is 366 g/mol.